The Labute approximate surface area is 176 Å². The van der Waals surface area contributed by atoms with Crippen molar-refractivity contribution in [1.29, 1.82) is 0 Å². The molecule has 2 aliphatic rings. The van der Waals surface area contributed by atoms with Gasteiger partial charge in [-0.3, -0.25) is 19.8 Å². The molecule has 1 N–H and O–H groups in total. The summed E-state index contributed by atoms with van der Waals surface area (Å²) >= 11 is 5.27. The minimum atomic E-state index is -0.452. The SMILES string of the molecule is CCc1ccc(N2C(=O)/C(=C\c3ccn(C4CCCCC4)c3)C(=O)NC2=S)cc1. The van der Waals surface area contributed by atoms with E-state index in [0.29, 0.717) is 11.7 Å². The molecule has 1 aliphatic heterocycles. The van der Waals surface area contributed by atoms with E-state index < -0.39 is 11.8 Å². The molecule has 6 heteroatoms. The van der Waals surface area contributed by atoms with Crippen LogP contribution in [0.2, 0.25) is 0 Å². The lowest BCUT2D eigenvalue weighted by atomic mass is 9.95. The molecule has 0 radical (unpaired) electrons. The maximum Gasteiger partial charge on any atom is 0.270 e. The zero-order valence-electron chi connectivity index (χ0n) is 16.6. The van der Waals surface area contributed by atoms with Crippen LogP contribution < -0.4 is 10.2 Å². The number of hydrogen-bond donors (Lipinski definition) is 1. The van der Waals surface area contributed by atoms with Gasteiger partial charge in [-0.2, -0.15) is 0 Å². The van der Waals surface area contributed by atoms with Gasteiger partial charge in [-0.15, -0.1) is 0 Å². The van der Waals surface area contributed by atoms with Gasteiger partial charge in [-0.05, 0) is 66.9 Å². The zero-order chi connectivity index (χ0) is 20.4. The second-order valence-corrected chi connectivity index (χ2v) is 8.05. The first-order valence-electron chi connectivity index (χ1n) is 10.2. The number of carbonyl (C=O) groups is 2. The number of aromatic nitrogens is 1. The van der Waals surface area contributed by atoms with Gasteiger partial charge in [0.1, 0.15) is 5.57 Å². The second-order valence-electron chi connectivity index (χ2n) is 7.66. The summed E-state index contributed by atoms with van der Waals surface area (Å²) in [4.78, 5) is 27.0. The van der Waals surface area contributed by atoms with Crippen LogP contribution in [0.4, 0.5) is 5.69 Å². The minimum Gasteiger partial charge on any atom is -0.351 e. The monoisotopic (exact) mass is 407 g/mol. The largest absolute Gasteiger partial charge is 0.351 e. The predicted molar refractivity (Wildman–Crippen MR) is 119 cm³/mol. The molecule has 1 saturated heterocycles. The highest BCUT2D eigenvalue weighted by molar-refractivity contribution is 7.80. The highest BCUT2D eigenvalue weighted by Crippen LogP contribution is 2.29. The third kappa shape index (κ3) is 4.03. The van der Waals surface area contributed by atoms with Gasteiger partial charge in [-0.1, -0.05) is 38.3 Å². The number of rotatable bonds is 4. The Morgan fingerprint density at radius 1 is 1.10 bits per heavy atom. The van der Waals surface area contributed by atoms with Crippen LogP contribution in [0.3, 0.4) is 0 Å². The Morgan fingerprint density at radius 3 is 2.52 bits per heavy atom. The van der Waals surface area contributed by atoms with Crippen molar-refractivity contribution in [1.82, 2.24) is 9.88 Å². The van der Waals surface area contributed by atoms with Gasteiger partial charge in [0.2, 0.25) is 0 Å². The van der Waals surface area contributed by atoms with E-state index in [9.17, 15) is 9.59 Å². The van der Waals surface area contributed by atoms with Crippen molar-refractivity contribution in [2.24, 2.45) is 0 Å². The summed E-state index contributed by atoms with van der Waals surface area (Å²) in [6.07, 6.45) is 12.8. The van der Waals surface area contributed by atoms with Gasteiger partial charge in [-0.25, -0.2) is 0 Å². The van der Waals surface area contributed by atoms with Crippen LogP contribution in [0, 0.1) is 0 Å². The van der Waals surface area contributed by atoms with E-state index >= 15 is 0 Å². The van der Waals surface area contributed by atoms with Crippen LogP contribution in [0.5, 0.6) is 0 Å². The van der Waals surface area contributed by atoms with Crippen molar-refractivity contribution in [3.05, 3.63) is 59.4 Å². The zero-order valence-corrected chi connectivity index (χ0v) is 17.4. The van der Waals surface area contributed by atoms with Crippen molar-refractivity contribution in [2.75, 3.05) is 4.90 Å². The standard InChI is InChI=1S/C23H25N3O2S/c1-2-16-8-10-19(11-9-16)26-22(28)20(21(27)24-23(26)29)14-17-12-13-25(15-17)18-6-4-3-5-7-18/h8-15,18H,2-7H2,1H3,(H,24,27,29)/b20-14-. The Balaban J connectivity index is 1.60. The normalized spacial score (nSPS) is 19.7. The van der Waals surface area contributed by atoms with Gasteiger partial charge in [0.15, 0.2) is 5.11 Å². The van der Waals surface area contributed by atoms with Crippen LogP contribution in [-0.4, -0.2) is 21.5 Å². The number of nitrogens with zero attached hydrogens (tertiary/aromatic N) is 2. The summed E-state index contributed by atoms with van der Waals surface area (Å²) in [6, 6.07) is 10.1. The van der Waals surface area contributed by atoms with Crippen LogP contribution >= 0.6 is 12.2 Å². The average molecular weight is 408 g/mol. The van der Waals surface area contributed by atoms with Gasteiger partial charge >= 0.3 is 0 Å². The molecule has 0 atom stereocenters. The van der Waals surface area contributed by atoms with E-state index in [-0.39, 0.29) is 10.7 Å². The fourth-order valence-corrected chi connectivity index (χ4v) is 4.34. The van der Waals surface area contributed by atoms with E-state index in [4.69, 9.17) is 12.2 Å². The average Bonchev–Trinajstić information content (AvgIpc) is 3.21. The maximum atomic E-state index is 13.1. The molecule has 1 aromatic heterocycles. The first kappa shape index (κ1) is 19.6. The van der Waals surface area contributed by atoms with Gasteiger partial charge in [0.25, 0.3) is 11.8 Å². The molecule has 0 unspecified atom stereocenters. The lowest BCUT2D eigenvalue weighted by Crippen LogP contribution is -2.54. The Morgan fingerprint density at radius 2 is 1.83 bits per heavy atom. The molecule has 150 valence electrons. The van der Waals surface area contributed by atoms with E-state index in [0.717, 1.165) is 12.0 Å². The van der Waals surface area contributed by atoms with Crippen LogP contribution in [0.1, 0.15) is 56.2 Å². The first-order chi connectivity index (χ1) is 14.1. The smallest absolute Gasteiger partial charge is 0.270 e. The Bertz CT molecular complexity index is 968. The number of amides is 2. The molecule has 2 amide bonds. The lowest BCUT2D eigenvalue weighted by Gasteiger charge is -2.29. The summed E-state index contributed by atoms with van der Waals surface area (Å²) in [6.45, 7) is 2.08. The number of hydrogen-bond acceptors (Lipinski definition) is 3. The van der Waals surface area contributed by atoms with E-state index in [2.05, 4.69) is 16.8 Å². The lowest BCUT2D eigenvalue weighted by molar-refractivity contribution is -0.122. The molecule has 2 aromatic rings. The van der Waals surface area contributed by atoms with Gasteiger partial charge in [0, 0.05) is 18.4 Å². The van der Waals surface area contributed by atoms with E-state index in [1.807, 2.05) is 42.7 Å². The maximum absolute atomic E-state index is 13.1. The summed E-state index contributed by atoms with van der Waals surface area (Å²) in [5.74, 6) is -0.847. The summed E-state index contributed by atoms with van der Waals surface area (Å²) in [7, 11) is 0. The number of benzene rings is 1. The molecule has 29 heavy (non-hydrogen) atoms. The fraction of sp³-hybridized carbons (Fsp3) is 0.348. The van der Waals surface area contributed by atoms with Crippen molar-refractivity contribution >= 4 is 40.9 Å². The topological polar surface area (TPSA) is 54.3 Å². The Hall–Kier alpha value is -2.73. The van der Waals surface area contributed by atoms with Crippen molar-refractivity contribution in [3.8, 4) is 0 Å². The fourth-order valence-electron chi connectivity index (χ4n) is 4.06. The quantitative estimate of drug-likeness (QED) is 0.465. The molecule has 5 nitrogen and oxygen atoms in total. The number of thiocarbonyl (C=S) groups is 1. The van der Waals surface area contributed by atoms with Crippen LogP contribution in [0.15, 0.2) is 48.3 Å². The molecule has 0 spiro atoms. The number of aryl methyl sites for hydroxylation is 1. The first-order valence-corrected chi connectivity index (χ1v) is 10.7. The van der Waals surface area contributed by atoms with Crippen LogP contribution in [0.25, 0.3) is 6.08 Å². The third-order valence-corrected chi connectivity index (χ3v) is 6.03. The minimum absolute atomic E-state index is 0.0968. The van der Waals surface area contributed by atoms with Crippen molar-refractivity contribution in [3.63, 3.8) is 0 Å². The molecular formula is C23H25N3O2S. The van der Waals surface area contributed by atoms with Gasteiger partial charge in [0.05, 0.1) is 5.69 Å². The third-order valence-electron chi connectivity index (χ3n) is 5.75. The van der Waals surface area contributed by atoms with Crippen molar-refractivity contribution in [2.45, 2.75) is 51.5 Å². The van der Waals surface area contributed by atoms with Crippen molar-refractivity contribution < 1.29 is 9.59 Å². The number of carbonyl (C=O) groups excluding carboxylic acids is 2. The molecule has 4 rings (SSSR count). The molecule has 2 fully saturated rings. The van der Waals surface area contributed by atoms with Gasteiger partial charge < -0.3 is 4.57 Å². The molecule has 1 aliphatic carbocycles. The predicted octanol–water partition coefficient (Wildman–Crippen LogP) is 4.39. The highest BCUT2D eigenvalue weighted by atomic mass is 32.1. The summed E-state index contributed by atoms with van der Waals surface area (Å²) in [5, 5.41) is 2.76. The molecule has 1 aromatic carbocycles. The van der Waals surface area contributed by atoms with E-state index in [1.165, 1.54) is 42.6 Å². The highest BCUT2D eigenvalue weighted by Gasteiger charge is 2.34. The number of nitrogens with one attached hydrogen (secondary N) is 1. The molecule has 2 heterocycles. The Kier molecular flexibility index (Phi) is 5.62. The summed E-state index contributed by atoms with van der Waals surface area (Å²) in [5.41, 5.74) is 2.78. The summed E-state index contributed by atoms with van der Waals surface area (Å²) < 4.78 is 2.21. The molecule has 1 saturated carbocycles. The molecule has 0 bridgehead atoms. The second kappa shape index (κ2) is 8.33. The molecular weight excluding hydrogens is 382 g/mol. The van der Waals surface area contributed by atoms with Crippen LogP contribution in [-0.2, 0) is 16.0 Å². The number of anilines is 1. The van der Waals surface area contributed by atoms with E-state index in [1.54, 1.807) is 6.08 Å².